The summed E-state index contributed by atoms with van der Waals surface area (Å²) in [6.07, 6.45) is 8.31. The Morgan fingerprint density at radius 2 is 1.87 bits per heavy atom. The number of fused-ring (bicyclic) bond motifs is 3. The Labute approximate surface area is 182 Å². The molecule has 0 spiro atoms. The summed E-state index contributed by atoms with van der Waals surface area (Å²) in [6.45, 7) is 4.98. The van der Waals surface area contributed by atoms with Crippen molar-refractivity contribution < 1.29 is 0 Å². The van der Waals surface area contributed by atoms with Gasteiger partial charge in [0.1, 0.15) is 5.82 Å². The van der Waals surface area contributed by atoms with Crippen LogP contribution in [-0.4, -0.2) is 14.5 Å². The number of aromatic nitrogens is 3. The number of hydrogen-bond acceptors (Lipinski definition) is 3. The van der Waals surface area contributed by atoms with Crippen molar-refractivity contribution in [2.45, 2.75) is 39.7 Å². The highest BCUT2D eigenvalue weighted by atomic mass is 15.1. The van der Waals surface area contributed by atoms with Gasteiger partial charge in [-0.1, -0.05) is 49.4 Å². The summed E-state index contributed by atoms with van der Waals surface area (Å²) < 4.78 is 2.29. The lowest BCUT2D eigenvalue weighted by Gasteiger charge is -2.14. The minimum Gasteiger partial charge on any atom is -0.322 e. The molecule has 4 heteroatoms. The van der Waals surface area contributed by atoms with Gasteiger partial charge < -0.3 is 4.57 Å². The smallest absolute Gasteiger partial charge is 0.109 e. The van der Waals surface area contributed by atoms with E-state index in [1.54, 1.807) is 6.08 Å². The summed E-state index contributed by atoms with van der Waals surface area (Å²) in [6, 6.07) is 17.4. The maximum atomic E-state index is 9.43. The van der Waals surface area contributed by atoms with E-state index in [-0.39, 0.29) is 0 Å². The predicted molar refractivity (Wildman–Crippen MR) is 124 cm³/mol. The maximum absolute atomic E-state index is 9.43. The first-order valence-electron chi connectivity index (χ1n) is 10.8. The van der Waals surface area contributed by atoms with E-state index in [1.807, 2.05) is 12.4 Å². The van der Waals surface area contributed by atoms with Gasteiger partial charge in [0, 0.05) is 25.2 Å². The molecule has 4 nitrogen and oxygen atoms in total. The minimum atomic E-state index is 0.766. The molecule has 0 unspecified atom stereocenters. The fourth-order valence-corrected chi connectivity index (χ4v) is 4.69. The molecule has 5 rings (SSSR count). The Bertz CT molecular complexity index is 1370. The summed E-state index contributed by atoms with van der Waals surface area (Å²) in [5.41, 5.74) is 10.4. The molecule has 2 aromatic heterocycles. The molecule has 1 aliphatic rings. The van der Waals surface area contributed by atoms with Crippen molar-refractivity contribution >= 4 is 16.6 Å². The van der Waals surface area contributed by atoms with E-state index < -0.39 is 0 Å². The lowest BCUT2D eigenvalue weighted by Crippen LogP contribution is -2.06. The highest BCUT2D eigenvalue weighted by Gasteiger charge is 2.19. The van der Waals surface area contributed by atoms with Crippen LogP contribution >= 0.6 is 0 Å². The zero-order valence-corrected chi connectivity index (χ0v) is 17.9. The van der Waals surface area contributed by atoms with Gasteiger partial charge in [0.15, 0.2) is 0 Å². The van der Waals surface area contributed by atoms with Gasteiger partial charge in [0.25, 0.3) is 0 Å². The number of aryl methyl sites for hydroxylation is 4. The zero-order chi connectivity index (χ0) is 21.4. The number of hydrogen-bond donors (Lipinski definition) is 0. The van der Waals surface area contributed by atoms with E-state index in [4.69, 9.17) is 4.98 Å². The second-order valence-corrected chi connectivity index (χ2v) is 8.13. The normalized spacial score (nSPS) is 14.2. The number of benzene rings is 2. The Morgan fingerprint density at radius 1 is 1.06 bits per heavy atom. The van der Waals surface area contributed by atoms with Gasteiger partial charge in [0.05, 0.1) is 23.3 Å². The monoisotopic (exact) mass is 404 g/mol. The molecule has 0 amide bonds. The van der Waals surface area contributed by atoms with Crippen LogP contribution in [0.2, 0.25) is 0 Å². The average molecular weight is 405 g/mol. The van der Waals surface area contributed by atoms with E-state index >= 15 is 0 Å². The van der Waals surface area contributed by atoms with E-state index in [2.05, 4.69) is 71.9 Å². The lowest BCUT2D eigenvalue weighted by atomic mass is 9.93. The fraction of sp³-hybridized carbons (Fsp3) is 0.222. The van der Waals surface area contributed by atoms with Gasteiger partial charge in [-0.15, -0.1) is 0 Å². The lowest BCUT2D eigenvalue weighted by molar-refractivity contribution is 0.750. The predicted octanol–water partition coefficient (Wildman–Crippen LogP) is 5.40. The van der Waals surface area contributed by atoms with Crippen LogP contribution in [0.5, 0.6) is 0 Å². The van der Waals surface area contributed by atoms with Crippen molar-refractivity contribution in [3.63, 3.8) is 0 Å². The third kappa shape index (κ3) is 3.33. The molecule has 4 aromatic rings. The molecule has 0 atom stereocenters. The SMILES string of the molecule is CCc1nc2c(C)cncc2n1Cc1ccc2c(c1)CCc1ccccc1/C2=C\C#N. The molecule has 1 aliphatic carbocycles. The summed E-state index contributed by atoms with van der Waals surface area (Å²) in [5.74, 6) is 1.08. The molecule has 0 saturated heterocycles. The van der Waals surface area contributed by atoms with Gasteiger partial charge in [0.2, 0.25) is 0 Å². The number of pyridine rings is 1. The Kier molecular flexibility index (Phi) is 4.88. The van der Waals surface area contributed by atoms with E-state index in [9.17, 15) is 5.26 Å². The molecule has 152 valence electrons. The molecular formula is C27H24N4. The quantitative estimate of drug-likeness (QED) is 0.429. The van der Waals surface area contributed by atoms with E-state index in [0.717, 1.165) is 53.8 Å². The number of rotatable bonds is 3. The summed E-state index contributed by atoms with van der Waals surface area (Å²) in [4.78, 5) is 9.27. The molecule has 0 bridgehead atoms. The van der Waals surface area contributed by atoms with Crippen LogP contribution in [0.3, 0.4) is 0 Å². The van der Waals surface area contributed by atoms with Crippen LogP contribution in [-0.2, 0) is 25.8 Å². The van der Waals surface area contributed by atoms with Crippen LogP contribution in [0.4, 0.5) is 0 Å². The summed E-state index contributed by atoms with van der Waals surface area (Å²) in [7, 11) is 0. The molecule has 0 aliphatic heterocycles. The number of nitrogens with zero attached hydrogens (tertiary/aromatic N) is 4. The van der Waals surface area contributed by atoms with Crippen molar-refractivity contribution in [2.24, 2.45) is 0 Å². The molecule has 0 saturated carbocycles. The van der Waals surface area contributed by atoms with Crippen molar-refractivity contribution in [1.29, 1.82) is 5.26 Å². The second kappa shape index (κ2) is 7.85. The largest absolute Gasteiger partial charge is 0.322 e. The molecule has 0 fully saturated rings. The Morgan fingerprint density at radius 3 is 2.71 bits per heavy atom. The zero-order valence-electron chi connectivity index (χ0n) is 17.9. The van der Waals surface area contributed by atoms with Gasteiger partial charge in [-0.25, -0.2) is 4.98 Å². The van der Waals surface area contributed by atoms with Crippen LogP contribution in [0.15, 0.2) is 60.9 Å². The molecule has 2 heterocycles. The third-order valence-electron chi connectivity index (χ3n) is 6.22. The topological polar surface area (TPSA) is 54.5 Å². The van der Waals surface area contributed by atoms with Crippen LogP contribution < -0.4 is 0 Å². The first kappa shape index (κ1) is 19.3. The van der Waals surface area contributed by atoms with Crippen LogP contribution in [0.1, 0.15) is 46.1 Å². The van der Waals surface area contributed by atoms with Crippen LogP contribution in [0.25, 0.3) is 16.6 Å². The molecule has 31 heavy (non-hydrogen) atoms. The average Bonchev–Trinajstić information content (AvgIpc) is 3.07. The molecule has 0 N–H and O–H groups in total. The third-order valence-corrected chi connectivity index (χ3v) is 6.22. The molecular weight excluding hydrogens is 380 g/mol. The minimum absolute atomic E-state index is 0.766. The van der Waals surface area contributed by atoms with Crippen LogP contribution in [0, 0.1) is 18.3 Å². The first-order chi connectivity index (χ1) is 15.2. The standard InChI is InChI=1S/C27H24N4/c1-3-26-30-27-18(2)15-29-16-25(27)31(26)17-19-8-11-23-21(14-19)10-9-20-6-4-5-7-22(20)24(23)12-13-28/h4-8,11-12,14-16H,3,9-10,17H2,1-2H3/b24-12+. The van der Waals surface area contributed by atoms with Crippen molar-refractivity contribution in [1.82, 2.24) is 14.5 Å². The van der Waals surface area contributed by atoms with Gasteiger partial charge in [-0.3, -0.25) is 4.98 Å². The van der Waals surface area contributed by atoms with E-state index in [0.29, 0.717) is 0 Å². The Balaban J connectivity index is 1.58. The maximum Gasteiger partial charge on any atom is 0.109 e. The number of imidazole rings is 1. The van der Waals surface area contributed by atoms with Crippen molar-refractivity contribution in [2.75, 3.05) is 0 Å². The highest BCUT2D eigenvalue weighted by molar-refractivity contribution is 5.85. The Hall–Kier alpha value is -3.71. The summed E-state index contributed by atoms with van der Waals surface area (Å²) in [5, 5.41) is 9.43. The summed E-state index contributed by atoms with van der Waals surface area (Å²) >= 11 is 0. The van der Waals surface area contributed by atoms with Gasteiger partial charge in [-0.05, 0) is 58.7 Å². The van der Waals surface area contributed by atoms with Crippen molar-refractivity contribution in [3.05, 3.63) is 100 Å². The number of nitriles is 1. The fourth-order valence-electron chi connectivity index (χ4n) is 4.69. The van der Waals surface area contributed by atoms with Crippen molar-refractivity contribution in [3.8, 4) is 6.07 Å². The van der Waals surface area contributed by atoms with Gasteiger partial charge >= 0.3 is 0 Å². The first-order valence-corrected chi connectivity index (χ1v) is 10.8. The highest BCUT2D eigenvalue weighted by Crippen LogP contribution is 2.34. The van der Waals surface area contributed by atoms with E-state index in [1.165, 1.54) is 27.8 Å². The second-order valence-electron chi connectivity index (χ2n) is 8.13. The number of allylic oxidation sites excluding steroid dienone is 1. The molecule has 2 aromatic carbocycles. The van der Waals surface area contributed by atoms with Gasteiger partial charge in [-0.2, -0.15) is 5.26 Å². The molecule has 0 radical (unpaired) electrons.